The van der Waals surface area contributed by atoms with Gasteiger partial charge < -0.3 is 30.8 Å². The molecule has 12 nitrogen and oxygen atoms in total. The maximum Gasteiger partial charge on any atom is 0.407 e. The Morgan fingerprint density at radius 3 is 2.32 bits per heavy atom. The molecular formula is C40H52N6O6U. The molecule has 13 heteroatoms. The van der Waals surface area contributed by atoms with Crippen LogP contribution in [0, 0.1) is 43.5 Å². The zero-order chi connectivity index (χ0) is 37.8. The third-order valence-corrected chi connectivity index (χ3v) is 10.1. The summed E-state index contributed by atoms with van der Waals surface area (Å²) in [6, 6.07) is 15.3. The first-order valence-electron chi connectivity index (χ1n) is 18.1. The monoisotopic (exact) mass is 950 g/mol. The van der Waals surface area contributed by atoms with Crippen LogP contribution in [0.3, 0.4) is 0 Å². The van der Waals surface area contributed by atoms with Gasteiger partial charge in [0.05, 0.1) is 5.41 Å². The number of nitrogens with zero attached hydrogens (tertiary/aromatic N) is 3. The van der Waals surface area contributed by atoms with E-state index < -0.39 is 22.5 Å². The first-order valence-corrected chi connectivity index (χ1v) is 18.1. The molecule has 282 valence electrons. The average Bonchev–Trinajstić information content (AvgIpc) is 3.60. The normalized spacial score (nSPS) is 18.4. The summed E-state index contributed by atoms with van der Waals surface area (Å²) in [5.74, 6) is 0.000346. The molecule has 3 aromatic rings. The number of pyridine rings is 1. The molecule has 1 fully saturated rings. The zero-order valence-electron chi connectivity index (χ0n) is 31.9. The summed E-state index contributed by atoms with van der Waals surface area (Å²) in [5, 5.41) is 20.0. The van der Waals surface area contributed by atoms with Crippen LogP contribution in [0.15, 0.2) is 54.7 Å². The van der Waals surface area contributed by atoms with E-state index in [0.29, 0.717) is 50.3 Å². The van der Waals surface area contributed by atoms with Crippen LogP contribution in [0.25, 0.3) is 0 Å². The van der Waals surface area contributed by atoms with Gasteiger partial charge in [-0.15, -0.1) is 0 Å². The van der Waals surface area contributed by atoms with Crippen molar-refractivity contribution in [1.82, 2.24) is 20.3 Å². The number of rotatable bonds is 8. The van der Waals surface area contributed by atoms with Gasteiger partial charge in [0.25, 0.3) is 0 Å². The molecule has 1 atom stereocenters. The number of anilines is 2. The Kier molecular flexibility index (Phi) is 13.6. The number of amides is 4. The summed E-state index contributed by atoms with van der Waals surface area (Å²) in [4.78, 5) is 59.6. The Bertz CT molecular complexity index is 1840. The third-order valence-electron chi connectivity index (χ3n) is 10.1. The number of nitrogens with one attached hydrogen (secondary N) is 3. The van der Waals surface area contributed by atoms with Crippen LogP contribution in [-0.4, -0.2) is 69.2 Å². The van der Waals surface area contributed by atoms with Crippen LogP contribution in [-0.2, 0) is 50.5 Å². The Morgan fingerprint density at radius 1 is 1.02 bits per heavy atom. The van der Waals surface area contributed by atoms with Crippen LogP contribution in [0.1, 0.15) is 87.8 Å². The van der Waals surface area contributed by atoms with Gasteiger partial charge in [0.1, 0.15) is 18.0 Å². The second-order valence-corrected chi connectivity index (χ2v) is 15.1. The van der Waals surface area contributed by atoms with Gasteiger partial charge in [0.15, 0.2) is 0 Å². The van der Waals surface area contributed by atoms with Crippen molar-refractivity contribution in [2.45, 2.75) is 98.3 Å². The van der Waals surface area contributed by atoms with E-state index in [0.717, 1.165) is 33.4 Å². The van der Waals surface area contributed by atoms with Gasteiger partial charge in [0.2, 0.25) is 17.7 Å². The predicted octanol–water partition coefficient (Wildman–Crippen LogP) is 5.89. The van der Waals surface area contributed by atoms with Crippen LogP contribution in [0.5, 0.6) is 0 Å². The van der Waals surface area contributed by atoms with E-state index in [1.807, 2.05) is 76.2 Å². The minimum absolute atomic E-state index is 0. The number of aryl methyl sites for hydroxylation is 1. The molecule has 6 rings (SSSR count). The summed E-state index contributed by atoms with van der Waals surface area (Å²) in [6.07, 6.45) is 3.06. The first kappa shape index (κ1) is 42.0. The summed E-state index contributed by atoms with van der Waals surface area (Å²) in [7, 11) is 0. The van der Waals surface area contributed by atoms with Crippen molar-refractivity contribution >= 4 is 35.3 Å². The van der Waals surface area contributed by atoms with Gasteiger partial charge in [0, 0.05) is 80.2 Å². The number of alkyl carbamates (subject to hydrolysis) is 1. The molecule has 1 unspecified atom stereocenters. The van der Waals surface area contributed by atoms with Crippen molar-refractivity contribution in [3.63, 3.8) is 0 Å². The molecule has 3 heterocycles. The fraction of sp³-hybridized carbons (Fsp3) is 0.475. The molecule has 0 radical (unpaired) electrons. The van der Waals surface area contributed by atoms with Crippen molar-refractivity contribution in [2.24, 2.45) is 5.41 Å². The molecule has 4 N–H and O–H groups in total. The molecule has 0 bridgehead atoms. The zero-order valence-corrected chi connectivity index (χ0v) is 36.1. The topological polar surface area (TPSA) is 153 Å². The average molecular weight is 951 g/mol. The Morgan fingerprint density at radius 2 is 1.66 bits per heavy atom. The number of carbonyl (C=O) groups is 4. The van der Waals surface area contributed by atoms with Crippen molar-refractivity contribution in [2.75, 3.05) is 30.3 Å². The molecule has 1 spiro atoms. The summed E-state index contributed by atoms with van der Waals surface area (Å²) in [5.41, 5.74) is 3.86. The quantitative estimate of drug-likeness (QED) is 0.218. The number of aromatic nitrogens is 1. The number of hydrogen-bond acceptors (Lipinski definition) is 8. The number of hydrogen-bond donors (Lipinski definition) is 4. The SMILES string of the molecule is CC.Cc1cc2c(cc1NC(=O)CN(Cc1ccccc1CNC(=O)OC(C)(C)C)C(=O)C1(C)CCN(O)CC1)CC1(C2)C(=O)Nc2ncccc21.[U]. The second kappa shape index (κ2) is 17.1. The van der Waals surface area contributed by atoms with Gasteiger partial charge in [-0.1, -0.05) is 57.2 Å². The number of piperidine rings is 1. The van der Waals surface area contributed by atoms with E-state index in [9.17, 15) is 24.4 Å². The van der Waals surface area contributed by atoms with Gasteiger partial charge in [-0.2, -0.15) is 5.06 Å². The molecule has 2 aromatic carbocycles. The van der Waals surface area contributed by atoms with E-state index in [-0.39, 0.29) is 68.5 Å². The smallest absolute Gasteiger partial charge is 0.407 e. The van der Waals surface area contributed by atoms with Gasteiger partial charge in [-0.3, -0.25) is 14.4 Å². The Hall–Kier alpha value is -3.76. The van der Waals surface area contributed by atoms with Crippen molar-refractivity contribution < 1.29 is 60.2 Å². The van der Waals surface area contributed by atoms with Gasteiger partial charge >= 0.3 is 6.09 Å². The van der Waals surface area contributed by atoms with Crippen molar-refractivity contribution in [3.05, 3.63) is 88.1 Å². The standard InChI is InChI=1S/C38H46N6O6.C2H6.U/c1-24-17-27-19-38(29-11-8-14-39-32(29)42-33(38)46)20-28(27)18-30(24)41-31(45)23-43(34(47)37(5)12-15-44(49)16-13-37)22-26-10-7-6-9-25(26)21-40-35(48)50-36(2,3)4;1-2;/h6-11,14,17-18,49H,12-13,15-16,19-23H2,1-5H3,(H,40,48)(H,41,45)(H,39,42,46);1-2H3;. The molecule has 0 saturated carbocycles. The maximum atomic E-state index is 14.3. The number of hydroxylamine groups is 2. The van der Waals surface area contributed by atoms with Crippen molar-refractivity contribution in [3.8, 4) is 0 Å². The Balaban J connectivity index is 0.00000206. The number of fused-ring (bicyclic) bond motifs is 3. The molecule has 3 aliphatic rings. The van der Waals surface area contributed by atoms with E-state index in [1.54, 1.807) is 31.9 Å². The molecule has 53 heavy (non-hydrogen) atoms. The number of carbonyl (C=O) groups excluding carboxylic acids is 4. The molecule has 1 saturated heterocycles. The molecule has 1 aliphatic carbocycles. The second-order valence-electron chi connectivity index (χ2n) is 15.1. The predicted molar refractivity (Wildman–Crippen MR) is 199 cm³/mol. The summed E-state index contributed by atoms with van der Waals surface area (Å²) >= 11 is 0. The molecule has 1 aromatic heterocycles. The maximum absolute atomic E-state index is 14.3. The van der Waals surface area contributed by atoms with Crippen molar-refractivity contribution in [1.29, 1.82) is 0 Å². The largest absolute Gasteiger partial charge is 0.444 e. The van der Waals surface area contributed by atoms with Crippen LogP contribution >= 0.6 is 0 Å². The first-order chi connectivity index (χ1) is 24.7. The summed E-state index contributed by atoms with van der Waals surface area (Å²) in [6.45, 7) is 14.0. The van der Waals surface area contributed by atoms with Gasteiger partial charge in [-0.05, 0) is 93.3 Å². The number of ether oxygens (including phenoxy) is 1. The molecular weight excluding hydrogens is 899 g/mol. The Labute approximate surface area is 336 Å². The van der Waals surface area contributed by atoms with E-state index in [1.165, 1.54) is 5.06 Å². The minimum atomic E-state index is -0.770. The molecule has 2 aliphatic heterocycles. The fourth-order valence-corrected chi connectivity index (χ4v) is 7.30. The van der Waals surface area contributed by atoms with Gasteiger partial charge in [-0.25, -0.2) is 9.78 Å². The minimum Gasteiger partial charge on any atom is -0.444 e. The fourth-order valence-electron chi connectivity index (χ4n) is 7.30. The van der Waals surface area contributed by atoms with E-state index >= 15 is 0 Å². The third kappa shape index (κ3) is 9.49. The van der Waals surface area contributed by atoms with E-state index in [2.05, 4.69) is 20.9 Å². The molecule has 4 amide bonds. The van der Waals surface area contributed by atoms with Crippen LogP contribution < -0.4 is 16.0 Å². The van der Waals surface area contributed by atoms with Crippen LogP contribution in [0.4, 0.5) is 16.3 Å². The van der Waals surface area contributed by atoms with Crippen LogP contribution in [0.2, 0.25) is 0 Å². The number of benzene rings is 2. The van der Waals surface area contributed by atoms with E-state index in [4.69, 9.17) is 4.74 Å². The summed E-state index contributed by atoms with van der Waals surface area (Å²) < 4.78 is 5.40.